The number of ether oxygens (including phenoxy) is 1. The Balaban J connectivity index is 1.66. The van der Waals surface area contributed by atoms with Crippen LogP contribution in [0.2, 0.25) is 0 Å². The van der Waals surface area contributed by atoms with Gasteiger partial charge in [0.2, 0.25) is 5.88 Å². The minimum atomic E-state index is 0.406. The third kappa shape index (κ3) is 2.68. The van der Waals surface area contributed by atoms with Gasteiger partial charge < -0.3 is 10.1 Å². The lowest BCUT2D eigenvalue weighted by molar-refractivity contribution is 0.397. The molecule has 3 aromatic heterocycles. The molecule has 5 heteroatoms. The SMILES string of the molecule is COc1ccc(CC2CNc3nccc(-c4ccsc4)c32)cn1. The molecule has 0 fully saturated rings. The van der Waals surface area contributed by atoms with E-state index in [1.807, 2.05) is 18.5 Å². The molecule has 23 heavy (non-hydrogen) atoms. The number of anilines is 1. The van der Waals surface area contributed by atoms with E-state index in [2.05, 4.69) is 44.2 Å². The normalized spacial score (nSPS) is 16.0. The van der Waals surface area contributed by atoms with Gasteiger partial charge in [0.05, 0.1) is 7.11 Å². The molecule has 1 atom stereocenters. The first-order valence-corrected chi connectivity index (χ1v) is 8.53. The first kappa shape index (κ1) is 14.2. The van der Waals surface area contributed by atoms with Crippen LogP contribution >= 0.6 is 11.3 Å². The molecule has 0 saturated carbocycles. The number of fused-ring (bicyclic) bond motifs is 1. The van der Waals surface area contributed by atoms with Gasteiger partial charge in [0, 0.05) is 36.5 Å². The van der Waals surface area contributed by atoms with Crippen LogP contribution in [0.5, 0.6) is 5.88 Å². The van der Waals surface area contributed by atoms with Crippen molar-refractivity contribution in [1.82, 2.24) is 9.97 Å². The van der Waals surface area contributed by atoms with Crippen molar-refractivity contribution in [3.05, 3.63) is 58.5 Å². The fraction of sp³-hybridized carbons (Fsp3) is 0.222. The minimum Gasteiger partial charge on any atom is -0.481 e. The number of rotatable bonds is 4. The quantitative estimate of drug-likeness (QED) is 0.789. The summed E-state index contributed by atoms with van der Waals surface area (Å²) in [7, 11) is 1.64. The molecule has 1 N–H and O–H groups in total. The van der Waals surface area contributed by atoms with Crippen molar-refractivity contribution in [3.8, 4) is 17.0 Å². The van der Waals surface area contributed by atoms with E-state index in [0.717, 1.165) is 18.8 Å². The van der Waals surface area contributed by atoms with Crippen LogP contribution in [0, 0.1) is 0 Å². The average molecular weight is 323 g/mol. The summed E-state index contributed by atoms with van der Waals surface area (Å²) in [4.78, 5) is 8.82. The summed E-state index contributed by atoms with van der Waals surface area (Å²) in [6, 6.07) is 8.30. The van der Waals surface area contributed by atoms with Gasteiger partial charge in [0.15, 0.2) is 0 Å². The number of thiophene rings is 1. The Kier molecular flexibility index (Phi) is 3.71. The molecule has 0 amide bonds. The lowest BCUT2D eigenvalue weighted by Crippen LogP contribution is -2.06. The van der Waals surface area contributed by atoms with Crippen LogP contribution in [0.4, 0.5) is 5.82 Å². The van der Waals surface area contributed by atoms with Gasteiger partial charge in [0.1, 0.15) is 5.82 Å². The molecule has 0 aromatic carbocycles. The Hall–Kier alpha value is -2.40. The van der Waals surface area contributed by atoms with Crippen LogP contribution in [-0.2, 0) is 6.42 Å². The van der Waals surface area contributed by atoms with Gasteiger partial charge in [-0.15, -0.1) is 0 Å². The Morgan fingerprint density at radius 1 is 1.26 bits per heavy atom. The smallest absolute Gasteiger partial charge is 0.212 e. The Morgan fingerprint density at radius 3 is 2.96 bits per heavy atom. The van der Waals surface area contributed by atoms with Crippen molar-refractivity contribution in [2.45, 2.75) is 12.3 Å². The Bertz CT molecular complexity index is 800. The topological polar surface area (TPSA) is 47.0 Å². The van der Waals surface area contributed by atoms with Crippen LogP contribution in [0.3, 0.4) is 0 Å². The van der Waals surface area contributed by atoms with Crippen LogP contribution in [0.15, 0.2) is 47.4 Å². The zero-order valence-corrected chi connectivity index (χ0v) is 13.6. The first-order chi connectivity index (χ1) is 11.3. The molecule has 4 nitrogen and oxygen atoms in total. The molecule has 0 saturated heterocycles. The Labute approximate surface area is 139 Å². The van der Waals surface area contributed by atoms with E-state index in [4.69, 9.17) is 4.74 Å². The molecule has 0 spiro atoms. The van der Waals surface area contributed by atoms with Crippen LogP contribution in [-0.4, -0.2) is 23.6 Å². The predicted molar refractivity (Wildman–Crippen MR) is 93.3 cm³/mol. The predicted octanol–water partition coefficient (Wildman–Crippen LogP) is 3.97. The number of methoxy groups -OCH3 is 1. The summed E-state index contributed by atoms with van der Waals surface area (Å²) in [5, 5.41) is 7.75. The van der Waals surface area contributed by atoms with E-state index < -0.39 is 0 Å². The molecule has 0 bridgehead atoms. The zero-order chi connectivity index (χ0) is 15.6. The fourth-order valence-electron chi connectivity index (χ4n) is 3.13. The second-order valence-corrected chi connectivity index (χ2v) is 6.40. The van der Waals surface area contributed by atoms with Crippen LogP contribution < -0.4 is 10.1 Å². The monoisotopic (exact) mass is 323 g/mol. The van der Waals surface area contributed by atoms with Crippen molar-refractivity contribution in [1.29, 1.82) is 0 Å². The summed E-state index contributed by atoms with van der Waals surface area (Å²) in [6.07, 6.45) is 4.73. The molecule has 1 aliphatic rings. The number of pyridine rings is 2. The van der Waals surface area contributed by atoms with E-state index in [0.29, 0.717) is 11.8 Å². The highest BCUT2D eigenvalue weighted by Crippen LogP contribution is 2.40. The van der Waals surface area contributed by atoms with E-state index in [1.54, 1.807) is 18.4 Å². The maximum absolute atomic E-state index is 5.13. The van der Waals surface area contributed by atoms with Gasteiger partial charge in [-0.2, -0.15) is 11.3 Å². The second-order valence-electron chi connectivity index (χ2n) is 5.62. The van der Waals surface area contributed by atoms with Crippen LogP contribution in [0.25, 0.3) is 11.1 Å². The summed E-state index contributed by atoms with van der Waals surface area (Å²) in [5.41, 5.74) is 5.09. The lowest BCUT2D eigenvalue weighted by atomic mass is 9.90. The highest BCUT2D eigenvalue weighted by Gasteiger charge is 2.27. The maximum Gasteiger partial charge on any atom is 0.212 e. The average Bonchev–Trinajstić information content (AvgIpc) is 3.26. The van der Waals surface area contributed by atoms with Crippen molar-refractivity contribution in [3.63, 3.8) is 0 Å². The Morgan fingerprint density at radius 2 is 2.22 bits per heavy atom. The molecule has 116 valence electrons. The standard InChI is InChI=1S/C18H17N3OS/c1-22-16-3-2-12(9-20-16)8-14-10-21-18-17(14)15(4-6-19-18)13-5-7-23-11-13/h2-7,9,11,14H,8,10H2,1H3,(H,19,21). The lowest BCUT2D eigenvalue weighted by Gasteiger charge is -2.14. The fourth-order valence-corrected chi connectivity index (χ4v) is 3.79. The first-order valence-electron chi connectivity index (χ1n) is 7.59. The molecule has 3 aromatic rings. The second kappa shape index (κ2) is 6.01. The van der Waals surface area contributed by atoms with Gasteiger partial charge in [-0.1, -0.05) is 6.07 Å². The molecule has 0 aliphatic carbocycles. The van der Waals surface area contributed by atoms with E-state index in [1.165, 1.54) is 22.3 Å². The van der Waals surface area contributed by atoms with Gasteiger partial charge in [0.25, 0.3) is 0 Å². The number of nitrogens with zero attached hydrogens (tertiary/aromatic N) is 2. The molecule has 0 radical (unpaired) electrons. The van der Waals surface area contributed by atoms with Gasteiger partial charge in [-0.3, -0.25) is 0 Å². The number of hydrogen-bond donors (Lipinski definition) is 1. The summed E-state index contributed by atoms with van der Waals surface area (Å²) in [5.74, 6) is 2.07. The van der Waals surface area contributed by atoms with Gasteiger partial charge in [-0.25, -0.2) is 9.97 Å². The van der Waals surface area contributed by atoms with E-state index >= 15 is 0 Å². The third-order valence-corrected chi connectivity index (χ3v) is 4.92. The molecule has 1 unspecified atom stereocenters. The molecule has 1 aliphatic heterocycles. The van der Waals surface area contributed by atoms with Crippen LogP contribution in [0.1, 0.15) is 17.0 Å². The van der Waals surface area contributed by atoms with Crippen molar-refractivity contribution in [2.75, 3.05) is 19.0 Å². The number of hydrogen-bond acceptors (Lipinski definition) is 5. The molecule has 4 rings (SSSR count). The number of aromatic nitrogens is 2. The summed E-state index contributed by atoms with van der Waals surface area (Å²) in [6.45, 7) is 0.912. The summed E-state index contributed by atoms with van der Waals surface area (Å²) < 4.78 is 5.13. The van der Waals surface area contributed by atoms with Crippen molar-refractivity contribution < 1.29 is 4.74 Å². The van der Waals surface area contributed by atoms with Gasteiger partial charge in [-0.05, 0) is 46.0 Å². The van der Waals surface area contributed by atoms with E-state index in [9.17, 15) is 0 Å². The summed E-state index contributed by atoms with van der Waals surface area (Å²) >= 11 is 1.72. The molecule has 4 heterocycles. The minimum absolute atomic E-state index is 0.406. The largest absolute Gasteiger partial charge is 0.481 e. The van der Waals surface area contributed by atoms with Crippen molar-refractivity contribution in [2.24, 2.45) is 0 Å². The number of nitrogens with one attached hydrogen (secondary N) is 1. The zero-order valence-electron chi connectivity index (χ0n) is 12.8. The molecular weight excluding hydrogens is 306 g/mol. The maximum atomic E-state index is 5.13. The molecular formula is C18H17N3OS. The van der Waals surface area contributed by atoms with Gasteiger partial charge >= 0.3 is 0 Å². The third-order valence-electron chi connectivity index (χ3n) is 4.24. The highest BCUT2D eigenvalue weighted by molar-refractivity contribution is 7.08. The van der Waals surface area contributed by atoms with E-state index in [-0.39, 0.29) is 0 Å². The highest BCUT2D eigenvalue weighted by atomic mass is 32.1. The van der Waals surface area contributed by atoms with Crippen molar-refractivity contribution >= 4 is 17.2 Å².